The first-order chi connectivity index (χ1) is 16.5. The van der Waals surface area contributed by atoms with E-state index in [9.17, 15) is 0 Å². The van der Waals surface area contributed by atoms with Gasteiger partial charge < -0.3 is 14.4 Å². The molecule has 3 aromatic carbocycles. The molecule has 1 spiro atoms. The molecule has 0 N–H and O–H groups in total. The first-order valence-corrected chi connectivity index (χ1v) is 12.3. The van der Waals surface area contributed by atoms with E-state index in [0.717, 1.165) is 66.4 Å². The van der Waals surface area contributed by atoms with Crippen LogP contribution in [0.4, 0.5) is 0 Å². The van der Waals surface area contributed by atoms with Crippen molar-refractivity contribution in [3.63, 3.8) is 0 Å². The fourth-order valence-corrected chi connectivity index (χ4v) is 5.66. The summed E-state index contributed by atoms with van der Waals surface area (Å²) in [6.07, 6.45) is 2.49. The summed E-state index contributed by atoms with van der Waals surface area (Å²) in [6, 6.07) is 21.7. The van der Waals surface area contributed by atoms with E-state index in [1.165, 1.54) is 0 Å². The molecular weight excluding hydrogens is 469 g/mol. The van der Waals surface area contributed by atoms with Crippen molar-refractivity contribution in [2.45, 2.75) is 31.0 Å². The molecule has 1 saturated heterocycles. The van der Waals surface area contributed by atoms with E-state index < -0.39 is 5.72 Å². The molecule has 0 aromatic heterocycles. The number of hydrazone groups is 1. The largest absolute Gasteiger partial charge is 0.464 e. The number of nitrogens with zero attached hydrogens (tertiary/aromatic N) is 3. The Hall–Kier alpha value is -2.73. The predicted octanol–water partition coefficient (Wildman–Crippen LogP) is 6.75. The van der Waals surface area contributed by atoms with Gasteiger partial charge in [-0.2, -0.15) is 5.10 Å². The van der Waals surface area contributed by atoms with Gasteiger partial charge in [0.1, 0.15) is 17.2 Å². The summed E-state index contributed by atoms with van der Waals surface area (Å²) in [5.74, 6) is 2.36. The number of halogens is 2. The summed E-state index contributed by atoms with van der Waals surface area (Å²) < 4.78 is 12.6. The number of ether oxygens (including phenoxy) is 2. The number of rotatable bonds is 3. The SMILES string of the molecule is CN1CCC2(CC1)Oc1c(Cl)cc(Cl)cc1C1CC(c3ccc(Oc4ccccc4)cc3)=NN12. The van der Waals surface area contributed by atoms with Crippen molar-refractivity contribution < 1.29 is 9.47 Å². The summed E-state index contributed by atoms with van der Waals surface area (Å²) in [5, 5.41) is 8.49. The molecule has 0 radical (unpaired) electrons. The van der Waals surface area contributed by atoms with Crippen molar-refractivity contribution >= 4 is 28.9 Å². The van der Waals surface area contributed by atoms with E-state index in [0.29, 0.717) is 10.0 Å². The van der Waals surface area contributed by atoms with Gasteiger partial charge in [-0.05, 0) is 61.1 Å². The fraction of sp³-hybridized carbons (Fsp3) is 0.296. The van der Waals surface area contributed by atoms with Crippen LogP contribution in [0.3, 0.4) is 0 Å². The zero-order chi connectivity index (χ0) is 23.3. The lowest BCUT2D eigenvalue weighted by Crippen LogP contribution is -2.58. The molecule has 174 valence electrons. The minimum Gasteiger partial charge on any atom is -0.464 e. The molecule has 3 aromatic rings. The highest BCUT2D eigenvalue weighted by Crippen LogP contribution is 2.52. The van der Waals surface area contributed by atoms with Crippen molar-refractivity contribution in [3.8, 4) is 17.2 Å². The molecule has 0 saturated carbocycles. The molecule has 1 fully saturated rings. The normalized spacial score (nSPS) is 21.0. The molecule has 3 aliphatic heterocycles. The van der Waals surface area contributed by atoms with Gasteiger partial charge in [-0.15, -0.1) is 0 Å². The van der Waals surface area contributed by atoms with Crippen LogP contribution in [0.2, 0.25) is 10.0 Å². The van der Waals surface area contributed by atoms with E-state index in [4.69, 9.17) is 37.8 Å². The molecular formula is C27H25Cl2N3O2. The highest BCUT2D eigenvalue weighted by Gasteiger charge is 2.52. The van der Waals surface area contributed by atoms with E-state index in [1.807, 2.05) is 48.5 Å². The Morgan fingerprint density at radius 2 is 1.68 bits per heavy atom. The van der Waals surface area contributed by atoms with Crippen molar-refractivity contribution in [3.05, 3.63) is 87.9 Å². The summed E-state index contributed by atoms with van der Waals surface area (Å²) in [6.45, 7) is 1.89. The lowest BCUT2D eigenvalue weighted by atomic mass is 9.91. The van der Waals surface area contributed by atoms with Crippen LogP contribution < -0.4 is 9.47 Å². The number of piperidine rings is 1. The highest BCUT2D eigenvalue weighted by atomic mass is 35.5. The molecule has 34 heavy (non-hydrogen) atoms. The Balaban J connectivity index is 1.33. The molecule has 1 unspecified atom stereocenters. The average molecular weight is 494 g/mol. The second-order valence-electron chi connectivity index (χ2n) is 9.21. The zero-order valence-electron chi connectivity index (χ0n) is 18.9. The molecule has 5 nitrogen and oxygen atoms in total. The first kappa shape index (κ1) is 21.8. The van der Waals surface area contributed by atoms with Crippen LogP contribution in [0.1, 0.15) is 36.4 Å². The van der Waals surface area contributed by atoms with Gasteiger partial charge in [0.05, 0.1) is 16.8 Å². The van der Waals surface area contributed by atoms with Crippen molar-refractivity contribution in [1.29, 1.82) is 0 Å². The van der Waals surface area contributed by atoms with Crippen LogP contribution in [0.15, 0.2) is 71.8 Å². The fourth-order valence-electron chi connectivity index (χ4n) is 5.11. The summed E-state index contributed by atoms with van der Waals surface area (Å²) >= 11 is 13.0. The third kappa shape index (κ3) is 3.82. The standard InChI is InChI=1S/C27H25Cl2N3O2/c1-31-13-11-27(12-14-31)32-25(22-15-19(28)16-23(29)26(22)34-27)17-24(30-32)18-7-9-21(10-8-18)33-20-5-3-2-4-6-20/h2-10,15-16,25H,11-14,17H2,1H3. The molecule has 3 aliphatic rings. The molecule has 3 heterocycles. The zero-order valence-corrected chi connectivity index (χ0v) is 20.4. The third-order valence-corrected chi connectivity index (χ3v) is 7.45. The van der Waals surface area contributed by atoms with Crippen LogP contribution in [-0.4, -0.2) is 41.5 Å². The van der Waals surface area contributed by atoms with E-state index in [-0.39, 0.29) is 6.04 Å². The summed E-state index contributed by atoms with van der Waals surface area (Å²) in [7, 11) is 2.14. The Bertz CT molecular complexity index is 1240. The van der Waals surface area contributed by atoms with Gasteiger partial charge in [-0.25, -0.2) is 5.01 Å². The number of hydrogen-bond donors (Lipinski definition) is 0. The Kier molecular flexibility index (Phi) is 5.44. The maximum Gasteiger partial charge on any atom is 0.200 e. The molecule has 7 heteroatoms. The van der Waals surface area contributed by atoms with Crippen molar-refractivity contribution in [2.24, 2.45) is 5.10 Å². The molecule has 0 aliphatic carbocycles. The number of benzene rings is 3. The van der Waals surface area contributed by atoms with Gasteiger partial charge in [0.15, 0.2) is 0 Å². The number of para-hydroxylation sites is 1. The monoisotopic (exact) mass is 493 g/mol. The molecule has 0 amide bonds. The smallest absolute Gasteiger partial charge is 0.200 e. The average Bonchev–Trinajstić information content (AvgIpc) is 3.30. The number of fused-ring (bicyclic) bond motifs is 4. The lowest BCUT2D eigenvalue weighted by molar-refractivity contribution is -0.147. The van der Waals surface area contributed by atoms with Crippen molar-refractivity contribution in [2.75, 3.05) is 20.1 Å². The van der Waals surface area contributed by atoms with Gasteiger partial charge >= 0.3 is 0 Å². The van der Waals surface area contributed by atoms with Crippen LogP contribution >= 0.6 is 23.2 Å². The van der Waals surface area contributed by atoms with Crippen LogP contribution in [0.25, 0.3) is 0 Å². The van der Waals surface area contributed by atoms with Gasteiger partial charge in [-0.3, -0.25) is 0 Å². The lowest BCUT2D eigenvalue weighted by Gasteiger charge is -2.51. The van der Waals surface area contributed by atoms with Gasteiger partial charge in [0, 0.05) is 42.9 Å². The minimum atomic E-state index is -0.500. The Labute approximate surface area is 209 Å². The second kappa shape index (κ2) is 8.49. The van der Waals surface area contributed by atoms with Crippen molar-refractivity contribution in [1.82, 2.24) is 9.91 Å². The van der Waals surface area contributed by atoms with Gasteiger partial charge in [0.2, 0.25) is 5.72 Å². The Morgan fingerprint density at radius 3 is 2.41 bits per heavy atom. The Morgan fingerprint density at radius 1 is 0.971 bits per heavy atom. The summed E-state index contributed by atoms with van der Waals surface area (Å²) in [5.41, 5.74) is 2.61. The first-order valence-electron chi connectivity index (χ1n) is 11.6. The topological polar surface area (TPSA) is 37.3 Å². The predicted molar refractivity (Wildman–Crippen MR) is 135 cm³/mol. The molecule has 6 rings (SSSR count). The highest BCUT2D eigenvalue weighted by molar-refractivity contribution is 6.35. The van der Waals surface area contributed by atoms with E-state index >= 15 is 0 Å². The molecule has 1 atom stereocenters. The van der Waals surface area contributed by atoms with Crippen LogP contribution in [0, 0.1) is 0 Å². The van der Waals surface area contributed by atoms with Gasteiger partial charge in [0.25, 0.3) is 0 Å². The number of hydrogen-bond acceptors (Lipinski definition) is 5. The number of likely N-dealkylation sites (tertiary alicyclic amines) is 1. The minimum absolute atomic E-state index is 0.0404. The maximum atomic E-state index is 6.66. The van der Waals surface area contributed by atoms with E-state index in [2.05, 4.69) is 29.1 Å². The third-order valence-electron chi connectivity index (χ3n) is 6.95. The summed E-state index contributed by atoms with van der Waals surface area (Å²) in [4.78, 5) is 2.33. The van der Waals surface area contributed by atoms with E-state index in [1.54, 1.807) is 6.07 Å². The second-order valence-corrected chi connectivity index (χ2v) is 10.1. The van der Waals surface area contributed by atoms with Crippen LogP contribution in [-0.2, 0) is 0 Å². The quantitative estimate of drug-likeness (QED) is 0.404. The maximum absolute atomic E-state index is 6.66. The van der Waals surface area contributed by atoms with Crippen LogP contribution in [0.5, 0.6) is 17.2 Å². The molecule has 0 bridgehead atoms. The van der Waals surface area contributed by atoms with Gasteiger partial charge in [-0.1, -0.05) is 41.4 Å².